The maximum Gasteiger partial charge on any atom is 0.219 e. The number of halogens is 2. The zero-order chi connectivity index (χ0) is 14.0. The van der Waals surface area contributed by atoms with Crippen molar-refractivity contribution < 1.29 is 4.74 Å². The summed E-state index contributed by atoms with van der Waals surface area (Å²) in [5, 5.41) is 0.772. The van der Waals surface area contributed by atoms with Crippen molar-refractivity contribution in [1.82, 2.24) is 4.98 Å². The molecular weight excluding hydrogens is 281 g/mol. The Morgan fingerprint density at radius 1 is 1.11 bits per heavy atom. The number of aromatic nitrogens is 1. The number of rotatable bonds is 3. The molecule has 1 aromatic heterocycles. The minimum Gasteiger partial charge on any atom is -0.439 e. The van der Waals surface area contributed by atoms with E-state index >= 15 is 0 Å². The van der Waals surface area contributed by atoms with E-state index in [2.05, 4.69) is 4.98 Å². The molecule has 0 fully saturated rings. The van der Waals surface area contributed by atoms with E-state index in [1.165, 1.54) is 0 Å². The SMILES string of the molecule is Cc1cc(Oc2ccc(CCl)c(C)n2)cc(C)c1Cl. The summed E-state index contributed by atoms with van der Waals surface area (Å²) in [7, 11) is 0. The number of nitrogens with zero attached hydrogens (tertiary/aromatic N) is 1. The first-order valence-corrected chi connectivity index (χ1v) is 6.89. The van der Waals surface area contributed by atoms with Gasteiger partial charge in [0.15, 0.2) is 0 Å². The Balaban J connectivity index is 2.29. The second kappa shape index (κ2) is 5.81. The lowest BCUT2D eigenvalue weighted by atomic mass is 10.1. The predicted octanol–water partition coefficient (Wildman–Crippen LogP) is 5.19. The van der Waals surface area contributed by atoms with Crippen molar-refractivity contribution in [3.8, 4) is 11.6 Å². The molecule has 0 aliphatic rings. The molecule has 0 unspecified atom stereocenters. The van der Waals surface area contributed by atoms with Crippen LogP contribution >= 0.6 is 23.2 Å². The molecule has 0 N–H and O–H groups in total. The van der Waals surface area contributed by atoms with Gasteiger partial charge < -0.3 is 4.74 Å². The molecule has 2 aromatic rings. The molecule has 0 radical (unpaired) electrons. The van der Waals surface area contributed by atoms with Gasteiger partial charge in [0.2, 0.25) is 5.88 Å². The van der Waals surface area contributed by atoms with Crippen molar-refractivity contribution in [2.45, 2.75) is 26.7 Å². The van der Waals surface area contributed by atoms with Crippen molar-refractivity contribution in [2.75, 3.05) is 0 Å². The fourth-order valence-electron chi connectivity index (χ4n) is 1.85. The predicted molar refractivity (Wildman–Crippen MR) is 79.5 cm³/mol. The normalized spacial score (nSPS) is 10.6. The second-order valence-corrected chi connectivity index (χ2v) is 5.15. The van der Waals surface area contributed by atoms with Gasteiger partial charge in [-0.3, -0.25) is 0 Å². The molecule has 0 aliphatic carbocycles. The van der Waals surface area contributed by atoms with Gasteiger partial charge in [-0.1, -0.05) is 17.7 Å². The van der Waals surface area contributed by atoms with E-state index in [0.29, 0.717) is 11.8 Å². The van der Waals surface area contributed by atoms with Gasteiger partial charge in [0.25, 0.3) is 0 Å². The topological polar surface area (TPSA) is 22.1 Å². The van der Waals surface area contributed by atoms with E-state index < -0.39 is 0 Å². The van der Waals surface area contributed by atoms with Crippen LogP contribution in [0.25, 0.3) is 0 Å². The summed E-state index contributed by atoms with van der Waals surface area (Å²) in [6, 6.07) is 7.56. The summed E-state index contributed by atoms with van der Waals surface area (Å²) in [5.74, 6) is 1.76. The molecule has 19 heavy (non-hydrogen) atoms. The maximum atomic E-state index is 6.13. The number of ether oxygens (including phenoxy) is 1. The quantitative estimate of drug-likeness (QED) is 0.727. The number of hydrogen-bond acceptors (Lipinski definition) is 2. The van der Waals surface area contributed by atoms with Gasteiger partial charge in [-0.2, -0.15) is 0 Å². The molecule has 0 aliphatic heterocycles. The summed E-state index contributed by atoms with van der Waals surface area (Å²) >= 11 is 11.9. The van der Waals surface area contributed by atoms with Crippen LogP contribution in [-0.2, 0) is 5.88 Å². The molecule has 100 valence electrons. The Labute approximate surface area is 123 Å². The highest BCUT2D eigenvalue weighted by Crippen LogP contribution is 2.28. The van der Waals surface area contributed by atoms with Crippen LogP contribution in [0.4, 0.5) is 0 Å². The lowest BCUT2D eigenvalue weighted by Gasteiger charge is -2.10. The van der Waals surface area contributed by atoms with Crippen LogP contribution < -0.4 is 4.74 Å². The van der Waals surface area contributed by atoms with Crippen LogP contribution in [0, 0.1) is 20.8 Å². The largest absolute Gasteiger partial charge is 0.439 e. The van der Waals surface area contributed by atoms with E-state index in [1.54, 1.807) is 0 Å². The van der Waals surface area contributed by atoms with Crippen LogP contribution in [0.15, 0.2) is 24.3 Å². The van der Waals surface area contributed by atoms with Gasteiger partial charge >= 0.3 is 0 Å². The highest BCUT2D eigenvalue weighted by molar-refractivity contribution is 6.32. The molecule has 0 saturated heterocycles. The summed E-state index contributed by atoms with van der Waals surface area (Å²) in [4.78, 5) is 4.38. The van der Waals surface area contributed by atoms with Crippen LogP contribution in [-0.4, -0.2) is 4.98 Å². The summed E-state index contributed by atoms with van der Waals surface area (Å²) in [6.07, 6.45) is 0. The molecule has 2 nitrogen and oxygen atoms in total. The minimum atomic E-state index is 0.457. The van der Waals surface area contributed by atoms with E-state index in [-0.39, 0.29) is 0 Å². The number of aryl methyl sites for hydroxylation is 3. The molecule has 4 heteroatoms. The van der Waals surface area contributed by atoms with Crippen LogP contribution in [0.1, 0.15) is 22.4 Å². The van der Waals surface area contributed by atoms with Gasteiger partial charge in [-0.15, -0.1) is 11.6 Å². The van der Waals surface area contributed by atoms with E-state index in [0.717, 1.165) is 33.2 Å². The first kappa shape index (κ1) is 14.2. The number of hydrogen-bond donors (Lipinski definition) is 0. The van der Waals surface area contributed by atoms with E-state index in [1.807, 2.05) is 45.0 Å². The molecule has 2 rings (SSSR count). The average Bonchev–Trinajstić information content (AvgIpc) is 2.36. The number of alkyl halides is 1. The highest BCUT2D eigenvalue weighted by atomic mass is 35.5. The van der Waals surface area contributed by atoms with Crippen molar-refractivity contribution in [3.05, 3.63) is 51.7 Å². The third-order valence-corrected chi connectivity index (χ3v) is 3.83. The van der Waals surface area contributed by atoms with E-state index in [4.69, 9.17) is 27.9 Å². The smallest absolute Gasteiger partial charge is 0.219 e. The molecule has 0 atom stereocenters. The van der Waals surface area contributed by atoms with Crippen molar-refractivity contribution in [3.63, 3.8) is 0 Å². The van der Waals surface area contributed by atoms with Gasteiger partial charge in [0, 0.05) is 22.7 Å². The summed E-state index contributed by atoms with van der Waals surface area (Å²) in [6.45, 7) is 5.83. The van der Waals surface area contributed by atoms with E-state index in [9.17, 15) is 0 Å². The van der Waals surface area contributed by atoms with Gasteiger partial charge in [0.05, 0.1) is 0 Å². The highest BCUT2D eigenvalue weighted by Gasteiger charge is 2.06. The van der Waals surface area contributed by atoms with Gasteiger partial charge in [-0.25, -0.2) is 4.98 Å². The molecule has 0 spiro atoms. The summed E-state index contributed by atoms with van der Waals surface area (Å²) < 4.78 is 5.76. The third kappa shape index (κ3) is 3.20. The number of benzene rings is 1. The molecule has 0 saturated carbocycles. The van der Waals surface area contributed by atoms with Crippen LogP contribution in [0.2, 0.25) is 5.02 Å². The van der Waals surface area contributed by atoms with Crippen LogP contribution in [0.5, 0.6) is 11.6 Å². The first-order valence-electron chi connectivity index (χ1n) is 5.98. The Bertz CT molecular complexity index is 588. The maximum absolute atomic E-state index is 6.13. The third-order valence-electron chi connectivity index (χ3n) is 2.95. The molecule has 0 bridgehead atoms. The Morgan fingerprint density at radius 2 is 1.74 bits per heavy atom. The van der Waals surface area contributed by atoms with Crippen LogP contribution in [0.3, 0.4) is 0 Å². The molecular formula is C15H15Cl2NO. The molecule has 1 aromatic carbocycles. The zero-order valence-corrected chi connectivity index (χ0v) is 12.6. The Kier molecular flexibility index (Phi) is 4.33. The average molecular weight is 296 g/mol. The summed E-state index contributed by atoms with van der Waals surface area (Å²) in [5.41, 5.74) is 3.88. The molecule has 0 amide bonds. The molecule has 1 heterocycles. The van der Waals surface area contributed by atoms with Gasteiger partial charge in [0.1, 0.15) is 5.75 Å². The lowest BCUT2D eigenvalue weighted by molar-refractivity contribution is 0.460. The second-order valence-electron chi connectivity index (χ2n) is 4.50. The monoisotopic (exact) mass is 295 g/mol. The van der Waals surface area contributed by atoms with Crippen molar-refractivity contribution in [2.24, 2.45) is 0 Å². The van der Waals surface area contributed by atoms with Gasteiger partial charge in [-0.05, 0) is 49.6 Å². The first-order chi connectivity index (χ1) is 9.01. The zero-order valence-electron chi connectivity index (χ0n) is 11.1. The van der Waals surface area contributed by atoms with Crippen molar-refractivity contribution >= 4 is 23.2 Å². The minimum absolute atomic E-state index is 0.457. The fourth-order valence-corrected chi connectivity index (χ4v) is 2.24. The lowest BCUT2D eigenvalue weighted by Crippen LogP contribution is -1.94. The number of pyridine rings is 1. The van der Waals surface area contributed by atoms with Crippen molar-refractivity contribution in [1.29, 1.82) is 0 Å². The Hall–Kier alpha value is -1.25. The fraction of sp³-hybridized carbons (Fsp3) is 0.267. The Morgan fingerprint density at radius 3 is 2.26 bits per heavy atom. The standard InChI is InChI=1S/C15H15Cl2NO/c1-9-6-13(7-10(2)15(9)17)19-14-5-4-12(8-16)11(3)18-14/h4-7H,8H2,1-3H3.